The number of alkyl carbamates (subject to hydrolysis) is 1. The molecule has 2 aromatic carbocycles. The Hall–Kier alpha value is -3.16. The Morgan fingerprint density at radius 2 is 1.90 bits per heavy atom. The second-order valence-electron chi connectivity index (χ2n) is 7.63. The predicted octanol–water partition coefficient (Wildman–Crippen LogP) is 3.86. The van der Waals surface area contributed by atoms with Crippen LogP contribution in [0, 0.1) is 0 Å². The summed E-state index contributed by atoms with van der Waals surface area (Å²) in [6, 6.07) is 16.2. The molecule has 4 rings (SSSR count). The van der Waals surface area contributed by atoms with Crippen molar-refractivity contribution in [3.05, 3.63) is 77.7 Å². The Labute approximate surface area is 181 Å². The average Bonchev–Trinajstić information content (AvgIpc) is 3.26. The van der Waals surface area contributed by atoms with Gasteiger partial charge in [0.2, 0.25) is 5.89 Å². The number of para-hydroxylation sites is 2. The number of fused-ring (bicyclic) bond motifs is 1. The number of nitrogens with one attached hydrogen (secondary N) is 2. The van der Waals surface area contributed by atoms with Gasteiger partial charge in [0.1, 0.15) is 12.1 Å². The standard InChI is InChI=1S/C24H27N3O4/c28-22(23-26-19-8-4-5-9-21(19)31-23)20(11-10-17-12-14-25-15-13-17)27-24(29)30-16-18-6-2-1-3-7-18/h1-10,20,22,25,28H,11-16H2,(H,27,29)/t20-,22?/m0/s1. The van der Waals surface area contributed by atoms with Crippen molar-refractivity contribution in [1.82, 2.24) is 15.6 Å². The van der Waals surface area contributed by atoms with Crippen molar-refractivity contribution < 1.29 is 19.1 Å². The number of oxazole rings is 1. The SMILES string of the molecule is O=C(N[C@@H](CC=C1CCNCC1)C(O)c1nc2ccccc2o1)OCc1ccccc1. The molecular formula is C24H27N3O4. The predicted molar refractivity (Wildman–Crippen MR) is 117 cm³/mol. The number of carbonyl (C=O) groups is 1. The molecule has 2 heterocycles. The van der Waals surface area contributed by atoms with Crippen LogP contribution in [0.5, 0.6) is 0 Å². The van der Waals surface area contributed by atoms with Crippen molar-refractivity contribution in [2.75, 3.05) is 13.1 Å². The highest BCUT2D eigenvalue weighted by Crippen LogP contribution is 2.24. The zero-order valence-corrected chi connectivity index (χ0v) is 17.3. The second-order valence-corrected chi connectivity index (χ2v) is 7.63. The summed E-state index contributed by atoms with van der Waals surface area (Å²) >= 11 is 0. The lowest BCUT2D eigenvalue weighted by Crippen LogP contribution is -2.39. The molecule has 7 heteroatoms. The molecule has 1 aliphatic heterocycles. The van der Waals surface area contributed by atoms with Crippen molar-refractivity contribution in [3.63, 3.8) is 0 Å². The highest BCUT2D eigenvalue weighted by Gasteiger charge is 2.27. The zero-order valence-electron chi connectivity index (χ0n) is 17.3. The second kappa shape index (κ2) is 10.2. The van der Waals surface area contributed by atoms with E-state index < -0.39 is 18.2 Å². The molecule has 162 valence electrons. The highest BCUT2D eigenvalue weighted by molar-refractivity contribution is 5.72. The number of aromatic nitrogens is 1. The minimum Gasteiger partial charge on any atom is -0.445 e. The summed E-state index contributed by atoms with van der Waals surface area (Å²) in [5, 5.41) is 17.1. The van der Waals surface area contributed by atoms with E-state index >= 15 is 0 Å². The number of hydrogen-bond donors (Lipinski definition) is 3. The molecule has 1 saturated heterocycles. The molecular weight excluding hydrogens is 394 g/mol. The number of carbonyl (C=O) groups excluding carboxylic acids is 1. The van der Waals surface area contributed by atoms with Gasteiger partial charge in [-0.05, 0) is 50.0 Å². The van der Waals surface area contributed by atoms with Crippen LogP contribution in [0.1, 0.15) is 36.8 Å². The van der Waals surface area contributed by atoms with Crippen LogP contribution in [-0.4, -0.2) is 35.3 Å². The van der Waals surface area contributed by atoms with Gasteiger partial charge >= 0.3 is 6.09 Å². The van der Waals surface area contributed by atoms with E-state index in [1.165, 1.54) is 5.57 Å². The average molecular weight is 421 g/mol. The van der Waals surface area contributed by atoms with E-state index in [9.17, 15) is 9.90 Å². The largest absolute Gasteiger partial charge is 0.445 e. The number of hydrogen-bond acceptors (Lipinski definition) is 6. The lowest BCUT2D eigenvalue weighted by molar-refractivity contribution is 0.0870. The van der Waals surface area contributed by atoms with Crippen molar-refractivity contribution in [1.29, 1.82) is 0 Å². The van der Waals surface area contributed by atoms with Gasteiger partial charge in [0.25, 0.3) is 0 Å². The molecule has 0 spiro atoms. The molecule has 1 aliphatic rings. The van der Waals surface area contributed by atoms with E-state index in [0.717, 1.165) is 31.5 Å². The molecule has 1 amide bonds. The monoisotopic (exact) mass is 421 g/mol. The molecule has 0 bridgehead atoms. The summed E-state index contributed by atoms with van der Waals surface area (Å²) in [4.78, 5) is 16.8. The van der Waals surface area contributed by atoms with E-state index in [-0.39, 0.29) is 12.5 Å². The summed E-state index contributed by atoms with van der Waals surface area (Å²) in [6.45, 7) is 2.04. The number of piperidine rings is 1. The normalized spacial score (nSPS) is 16.0. The van der Waals surface area contributed by atoms with Gasteiger partial charge in [-0.3, -0.25) is 0 Å². The number of amides is 1. The fraction of sp³-hybridized carbons (Fsp3) is 0.333. The molecule has 0 aliphatic carbocycles. The number of nitrogens with zero attached hydrogens (tertiary/aromatic N) is 1. The van der Waals surface area contributed by atoms with Gasteiger partial charge in [0.15, 0.2) is 11.7 Å². The van der Waals surface area contributed by atoms with Crippen LogP contribution >= 0.6 is 0 Å². The maximum atomic E-state index is 12.5. The topological polar surface area (TPSA) is 96.6 Å². The third-order valence-electron chi connectivity index (χ3n) is 5.37. The minimum atomic E-state index is -1.10. The Bertz CT molecular complexity index is 990. The van der Waals surface area contributed by atoms with Gasteiger partial charge in [-0.25, -0.2) is 9.78 Å². The molecule has 3 N–H and O–H groups in total. The Kier molecular flexibility index (Phi) is 6.96. The quantitative estimate of drug-likeness (QED) is 0.502. The number of ether oxygens (including phenoxy) is 1. The number of aliphatic hydroxyl groups is 1. The first-order valence-electron chi connectivity index (χ1n) is 10.6. The van der Waals surface area contributed by atoms with E-state index in [4.69, 9.17) is 9.15 Å². The third kappa shape index (κ3) is 5.71. The van der Waals surface area contributed by atoms with Gasteiger partial charge in [0, 0.05) is 0 Å². The first-order valence-corrected chi connectivity index (χ1v) is 10.6. The van der Waals surface area contributed by atoms with Crippen molar-refractivity contribution in [2.45, 2.75) is 38.0 Å². The van der Waals surface area contributed by atoms with Gasteiger partial charge in [-0.1, -0.05) is 54.1 Å². The van der Waals surface area contributed by atoms with E-state index in [1.54, 1.807) is 6.07 Å². The summed E-state index contributed by atoms with van der Waals surface area (Å²) < 4.78 is 11.1. The Morgan fingerprint density at radius 3 is 2.68 bits per heavy atom. The molecule has 0 radical (unpaired) electrons. The molecule has 31 heavy (non-hydrogen) atoms. The number of rotatable bonds is 7. The summed E-state index contributed by atoms with van der Waals surface area (Å²) in [5.74, 6) is 0.179. The van der Waals surface area contributed by atoms with Gasteiger partial charge in [0.05, 0.1) is 6.04 Å². The van der Waals surface area contributed by atoms with Crippen LogP contribution in [0.15, 0.2) is 70.7 Å². The molecule has 1 unspecified atom stereocenters. The first-order chi connectivity index (χ1) is 15.2. The highest BCUT2D eigenvalue weighted by atomic mass is 16.5. The maximum absolute atomic E-state index is 12.5. The molecule has 3 aromatic rings. The van der Waals surface area contributed by atoms with E-state index in [0.29, 0.717) is 17.5 Å². The van der Waals surface area contributed by atoms with Gasteiger partial charge in [-0.2, -0.15) is 0 Å². The lowest BCUT2D eigenvalue weighted by atomic mass is 10.0. The molecule has 2 atom stereocenters. The van der Waals surface area contributed by atoms with Crippen molar-refractivity contribution in [2.24, 2.45) is 0 Å². The zero-order chi connectivity index (χ0) is 21.5. The van der Waals surface area contributed by atoms with E-state index in [1.807, 2.05) is 48.5 Å². The minimum absolute atomic E-state index is 0.158. The fourth-order valence-corrected chi connectivity index (χ4v) is 3.62. The van der Waals surface area contributed by atoms with Crippen LogP contribution in [-0.2, 0) is 11.3 Å². The molecule has 0 saturated carbocycles. The molecule has 7 nitrogen and oxygen atoms in total. The molecule has 1 aromatic heterocycles. The fourth-order valence-electron chi connectivity index (χ4n) is 3.62. The van der Waals surface area contributed by atoms with Gasteiger partial charge < -0.3 is 24.9 Å². The smallest absolute Gasteiger partial charge is 0.407 e. The van der Waals surface area contributed by atoms with Crippen LogP contribution < -0.4 is 10.6 Å². The Morgan fingerprint density at radius 1 is 1.16 bits per heavy atom. The van der Waals surface area contributed by atoms with Crippen LogP contribution in [0.25, 0.3) is 11.1 Å². The third-order valence-corrected chi connectivity index (χ3v) is 5.37. The van der Waals surface area contributed by atoms with Crippen LogP contribution in [0.2, 0.25) is 0 Å². The van der Waals surface area contributed by atoms with Crippen LogP contribution in [0.3, 0.4) is 0 Å². The van der Waals surface area contributed by atoms with Crippen molar-refractivity contribution in [3.8, 4) is 0 Å². The van der Waals surface area contributed by atoms with Gasteiger partial charge in [-0.15, -0.1) is 0 Å². The molecule has 1 fully saturated rings. The first kappa shape index (κ1) is 21.1. The summed E-state index contributed by atoms with van der Waals surface area (Å²) in [5.41, 5.74) is 3.47. The van der Waals surface area contributed by atoms with E-state index in [2.05, 4.69) is 21.7 Å². The van der Waals surface area contributed by atoms with Crippen LogP contribution in [0.4, 0.5) is 4.79 Å². The lowest BCUT2D eigenvalue weighted by Gasteiger charge is -2.22. The summed E-state index contributed by atoms with van der Waals surface area (Å²) in [6.07, 6.45) is 2.78. The maximum Gasteiger partial charge on any atom is 0.407 e. The number of aliphatic hydroxyl groups excluding tert-OH is 1. The number of benzene rings is 2. The Balaban J connectivity index is 1.46. The summed E-state index contributed by atoms with van der Waals surface area (Å²) in [7, 11) is 0. The van der Waals surface area contributed by atoms with Crippen molar-refractivity contribution >= 4 is 17.2 Å².